The summed E-state index contributed by atoms with van der Waals surface area (Å²) in [6.07, 6.45) is 3.17. The molecular formula is C20H19N5O2. The number of ether oxygens (including phenoxy) is 1. The largest absolute Gasteiger partial charge is 0.378 e. The van der Waals surface area contributed by atoms with Crippen molar-refractivity contribution in [1.29, 1.82) is 0 Å². The van der Waals surface area contributed by atoms with Crippen molar-refractivity contribution in [2.45, 2.75) is 0 Å². The van der Waals surface area contributed by atoms with Gasteiger partial charge in [-0.25, -0.2) is 0 Å². The minimum atomic E-state index is -0.200. The smallest absolute Gasteiger partial charge is 0.257 e. The Bertz CT molecular complexity index is 909. The molecule has 2 aromatic heterocycles. The number of carbonyl (C=O) groups is 1. The molecule has 1 fully saturated rings. The SMILES string of the molecule is O=C(Nc1cccc(-c2ccc(N3CCOCC3)nn2)c1)c1cccnc1. The van der Waals surface area contributed by atoms with Gasteiger partial charge >= 0.3 is 0 Å². The molecule has 1 aliphatic rings. The second-order valence-corrected chi connectivity index (χ2v) is 6.15. The van der Waals surface area contributed by atoms with Crippen LogP contribution in [-0.2, 0) is 4.74 Å². The lowest BCUT2D eigenvalue weighted by Crippen LogP contribution is -2.36. The maximum absolute atomic E-state index is 12.3. The first-order valence-electron chi connectivity index (χ1n) is 8.78. The summed E-state index contributed by atoms with van der Waals surface area (Å²) >= 11 is 0. The van der Waals surface area contributed by atoms with Crippen LogP contribution >= 0.6 is 0 Å². The molecule has 3 heterocycles. The summed E-state index contributed by atoms with van der Waals surface area (Å²) in [5, 5.41) is 11.6. The van der Waals surface area contributed by atoms with Gasteiger partial charge in [-0.2, -0.15) is 0 Å². The van der Waals surface area contributed by atoms with E-state index in [1.54, 1.807) is 18.3 Å². The van der Waals surface area contributed by atoms with Crippen LogP contribution in [0, 0.1) is 0 Å². The van der Waals surface area contributed by atoms with Crippen molar-refractivity contribution in [2.24, 2.45) is 0 Å². The first-order valence-corrected chi connectivity index (χ1v) is 8.78. The van der Waals surface area contributed by atoms with Crippen LogP contribution in [0.4, 0.5) is 11.5 Å². The van der Waals surface area contributed by atoms with Gasteiger partial charge in [0.15, 0.2) is 5.82 Å². The van der Waals surface area contributed by atoms with Gasteiger partial charge in [-0.3, -0.25) is 9.78 Å². The molecule has 1 aromatic carbocycles. The zero-order chi connectivity index (χ0) is 18.5. The van der Waals surface area contributed by atoms with E-state index in [2.05, 4.69) is 25.4 Å². The van der Waals surface area contributed by atoms with Gasteiger partial charge < -0.3 is 15.0 Å². The van der Waals surface area contributed by atoms with Crippen molar-refractivity contribution in [2.75, 3.05) is 36.5 Å². The normalized spacial score (nSPS) is 14.0. The van der Waals surface area contributed by atoms with Crippen molar-refractivity contribution in [3.63, 3.8) is 0 Å². The standard InChI is InChI=1S/C20H19N5O2/c26-20(16-4-2-8-21-14-16)22-17-5-1-3-15(13-17)18-6-7-19(24-23-18)25-9-11-27-12-10-25/h1-8,13-14H,9-12H2,(H,22,26). The topological polar surface area (TPSA) is 80.2 Å². The highest BCUT2D eigenvalue weighted by Gasteiger charge is 2.13. The van der Waals surface area contributed by atoms with E-state index >= 15 is 0 Å². The molecular weight excluding hydrogens is 342 g/mol. The molecule has 0 atom stereocenters. The number of rotatable bonds is 4. The van der Waals surface area contributed by atoms with Crippen LogP contribution in [0.15, 0.2) is 60.9 Å². The van der Waals surface area contributed by atoms with E-state index in [4.69, 9.17) is 4.74 Å². The lowest BCUT2D eigenvalue weighted by atomic mass is 10.1. The number of hydrogen-bond acceptors (Lipinski definition) is 6. The zero-order valence-corrected chi connectivity index (χ0v) is 14.7. The van der Waals surface area contributed by atoms with Crippen molar-refractivity contribution in [3.8, 4) is 11.3 Å². The van der Waals surface area contributed by atoms with Crippen LogP contribution in [0.1, 0.15) is 10.4 Å². The fourth-order valence-electron chi connectivity index (χ4n) is 2.90. The Balaban J connectivity index is 1.49. The quantitative estimate of drug-likeness (QED) is 0.769. The minimum absolute atomic E-state index is 0.200. The highest BCUT2D eigenvalue weighted by atomic mass is 16.5. The van der Waals surface area contributed by atoms with Gasteiger partial charge in [0, 0.05) is 36.7 Å². The second kappa shape index (κ2) is 7.92. The summed E-state index contributed by atoms with van der Waals surface area (Å²) in [6, 6.07) is 14.9. The number of amides is 1. The van der Waals surface area contributed by atoms with E-state index in [9.17, 15) is 4.79 Å². The third-order valence-corrected chi connectivity index (χ3v) is 4.33. The lowest BCUT2D eigenvalue weighted by Gasteiger charge is -2.27. The van der Waals surface area contributed by atoms with Crippen molar-refractivity contribution in [3.05, 3.63) is 66.5 Å². The van der Waals surface area contributed by atoms with E-state index in [1.807, 2.05) is 36.4 Å². The molecule has 4 rings (SSSR count). The third-order valence-electron chi connectivity index (χ3n) is 4.33. The minimum Gasteiger partial charge on any atom is -0.378 e. The van der Waals surface area contributed by atoms with Crippen LogP contribution in [0.25, 0.3) is 11.3 Å². The van der Waals surface area contributed by atoms with Gasteiger partial charge in [0.25, 0.3) is 5.91 Å². The Hall–Kier alpha value is -3.32. The third kappa shape index (κ3) is 4.09. The fraction of sp³-hybridized carbons (Fsp3) is 0.200. The van der Waals surface area contributed by atoms with Gasteiger partial charge in [0.05, 0.1) is 24.5 Å². The Kier molecular flexibility index (Phi) is 5.02. The average Bonchev–Trinajstić information content (AvgIpc) is 2.75. The van der Waals surface area contributed by atoms with Gasteiger partial charge in [-0.15, -0.1) is 10.2 Å². The van der Waals surface area contributed by atoms with E-state index < -0.39 is 0 Å². The maximum atomic E-state index is 12.3. The van der Waals surface area contributed by atoms with Crippen LogP contribution in [0.2, 0.25) is 0 Å². The van der Waals surface area contributed by atoms with Crippen LogP contribution in [-0.4, -0.2) is 47.4 Å². The molecule has 7 heteroatoms. The summed E-state index contributed by atoms with van der Waals surface area (Å²) < 4.78 is 5.36. The Morgan fingerprint density at radius 2 is 1.93 bits per heavy atom. The monoisotopic (exact) mass is 361 g/mol. The number of nitrogens with zero attached hydrogens (tertiary/aromatic N) is 4. The Morgan fingerprint density at radius 1 is 1.04 bits per heavy atom. The number of aromatic nitrogens is 3. The van der Waals surface area contributed by atoms with Gasteiger partial charge in [0.2, 0.25) is 0 Å². The molecule has 7 nitrogen and oxygen atoms in total. The highest BCUT2D eigenvalue weighted by molar-refractivity contribution is 6.04. The number of morpholine rings is 1. The summed E-state index contributed by atoms with van der Waals surface area (Å²) in [7, 11) is 0. The molecule has 1 N–H and O–H groups in total. The molecule has 3 aromatic rings. The number of anilines is 2. The Morgan fingerprint density at radius 3 is 2.67 bits per heavy atom. The van der Waals surface area contributed by atoms with E-state index in [1.165, 1.54) is 6.20 Å². The highest BCUT2D eigenvalue weighted by Crippen LogP contribution is 2.22. The van der Waals surface area contributed by atoms with Crippen LogP contribution < -0.4 is 10.2 Å². The van der Waals surface area contributed by atoms with Crippen molar-refractivity contribution >= 4 is 17.4 Å². The van der Waals surface area contributed by atoms with E-state index in [0.29, 0.717) is 24.5 Å². The van der Waals surface area contributed by atoms with Gasteiger partial charge in [-0.05, 0) is 36.4 Å². The molecule has 0 aliphatic carbocycles. The number of hydrogen-bond donors (Lipinski definition) is 1. The predicted molar refractivity (Wildman–Crippen MR) is 103 cm³/mol. The lowest BCUT2D eigenvalue weighted by molar-refractivity contribution is 0.102. The molecule has 0 bridgehead atoms. The molecule has 0 radical (unpaired) electrons. The maximum Gasteiger partial charge on any atom is 0.257 e. The first-order chi connectivity index (χ1) is 13.3. The Labute approximate surface area is 157 Å². The van der Waals surface area contributed by atoms with Crippen LogP contribution in [0.5, 0.6) is 0 Å². The molecule has 0 spiro atoms. The molecule has 0 saturated carbocycles. The zero-order valence-electron chi connectivity index (χ0n) is 14.7. The number of benzene rings is 1. The summed E-state index contributed by atoms with van der Waals surface area (Å²) in [6.45, 7) is 3.07. The molecule has 1 aliphatic heterocycles. The predicted octanol–water partition coefficient (Wildman–Crippen LogP) is 2.63. The first kappa shape index (κ1) is 17.1. The van der Waals surface area contributed by atoms with Gasteiger partial charge in [-0.1, -0.05) is 12.1 Å². The molecule has 27 heavy (non-hydrogen) atoms. The summed E-state index contributed by atoms with van der Waals surface area (Å²) in [5.41, 5.74) is 2.85. The average molecular weight is 361 g/mol. The summed E-state index contributed by atoms with van der Waals surface area (Å²) in [5.74, 6) is 0.650. The van der Waals surface area contributed by atoms with Crippen molar-refractivity contribution < 1.29 is 9.53 Å². The summed E-state index contributed by atoms with van der Waals surface area (Å²) in [4.78, 5) is 18.4. The number of nitrogens with one attached hydrogen (secondary N) is 1. The van der Waals surface area contributed by atoms with E-state index in [0.717, 1.165) is 30.2 Å². The number of carbonyl (C=O) groups excluding carboxylic acids is 1. The molecule has 136 valence electrons. The number of pyridine rings is 1. The van der Waals surface area contributed by atoms with Gasteiger partial charge in [0.1, 0.15) is 0 Å². The fourth-order valence-corrected chi connectivity index (χ4v) is 2.90. The molecule has 1 saturated heterocycles. The van der Waals surface area contributed by atoms with Crippen molar-refractivity contribution in [1.82, 2.24) is 15.2 Å². The molecule has 0 unspecified atom stereocenters. The van der Waals surface area contributed by atoms with Crippen LogP contribution in [0.3, 0.4) is 0 Å². The second-order valence-electron chi connectivity index (χ2n) is 6.15. The van der Waals surface area contributed by atoms with E-state index in [-0.39, 0.29) is 5.91 Å². The molecule has 1 amide bonds.